The van der Waals surface area contributed by atoms with Crippen LogP contribution in [0.25, 0.3) is 0 Å². The first kappa shape index (κ1) is 32.9. The molecule has 4 N–H and O–H groups in total. The van der Waals surface area contributed by atoms with Crippen molar-refractivity contribution in [1.29, 1.82) is 0 Å². The van der Waals surface area contributed by atoms with Crippen LogP contribution in [-0.2, 0) is 19.2 Å². The fourth-order valence-electron chi connectivity index (χ4n) is 4.02. The summed E-state index contributed by atoms with van der Waals surface area (Å²) in [7, 11) is 0. The summed E-state index contributed by atoms with van der Waals surface area (Å²) in [5.74, 6) is -2.43. The molecule has 0 spiro atoms. The maximum Gasteiger partial charge on any atom is 0.326 e. The number of unbranched alkanes of at least 4 members (excludes halogenated alkanes) is 13. The second-order valence-electron chi connectivity index (χ2n) is 10.0. The SMILES string of the molecule is CC(C)CCCCCCCCCCCCCCCCC(=O)N[C@@H](CCC(=O)NCC(=O)O)C(=O)O. The molecule has 0 aliphatic rings. The van der Waals surface area contributed by atoms with E-state index < -0.39 is 30.4 Å². The molecule has 0 bridgehead atoms. The highest BCUT2D eigenvalue weighted by atomic mass is 16.4. The molecule has 8 heteroatoms. The summed E-state index contributed by atoms with van der Waals surface area (Å²) in [5.41, 5.74) is 0. The topological polar surface area (TPSA) is 133 Å². The summed E-state index contributed by atoms with van der Waals surface area (Å²) in [6.45, 7) is 4.07. The van der Waals surface area contributed by atoms with Crippen LogP contribution in [0.2, 0.25) is 0 Å². The standard InChI is InChI=1S/C27H50N2O6/c1-22(2)17-15-13-11-9-7-5-3-4-6-8-10-12-14-16-18-25(31)29-23(27(34)35)19-20-24(30)28-21-26(32)33/h22-23H,3-21H2,1-2H3,(H,28,30)(H,29,31)(H,32,33)(H,34,35)/t23-/m0/s1. The Morgan fingerprint density at radius 3 is 1.49 bits per heavy atom. The van der Waals surface area contributed by atoms with Gasteiger partial charge in [0.1, 0.15) is 12.6 Å². The Morgan fingerprint density at radius 1 is 0.600 bits per heavy atom. The van der Waals surface area contributed by atoms with E-state index in [0.717, 1.165) is 18.8 Å². The van der Waals surface area contributed by atoms with Crippen molar-refractivity contribution in [2.45, 2.75) is 135 Å². The molecule has 35 heavy (non-hydrogen) atoms. The predicted molar refractivity (Wildman–Crippen MR) is 138 cm³/mol. The van der Waals surface area contributed by atoms with Gasteiger partial charge in [0.05, 0.1) is 0 Å². The van der Waals surface area contributed by atoms with Crippen LogP contribution in [0.15, 0.2) is 0 Å². The minimum absolute atomic E-state index is 0.0785. The number of carboxylic acid groups (broad SMARTS) is 2. The van der Waals surface area contributed by atoms with Gasteiger partial charge in [0.2, 0.25) is 11.8 Å². The molecule has 0 aromatic carbocycles. The summed E-state index contributed by atoms with van der Waals surface area (Å²) >= 11 is 0. The molecule has 0 rings (SSSR count). The zero-order valence-electron chi connectivity index (χ0n) is 22.1. The number of amides is 2. The third-order valence-corrected chi connectivity index (χ3v) is 6.17. The highest BCUT2D eigenvalue weighted by Gasteiger charge is 2.20. The van der Waals surface area contributed by atoms with E-state index in [9.17, 15) is 24.3 Å². The van der Waals surface area contributed by atoms with Gasteiger partial charge in [0.15, 0.2) is 0 Å². The lowest BCUT2D eigenvalue weighted by atomic mass is 10.0. The molecule has 0 aromatic heterocycles. The van der Waals surface area contributed by atoms with Gasteiger partial charge in [-0.1, -0.05) is 104 Å². The second kappa shape index (κ2) is 22.4. The van der Waals surface area contributed by atoms with Crippen LogP contribution < -0.4 is 10.6 Å². The molecule has 0 aliphatic heterocycles. The summed E-state index contributed by atoms with van der Waals surface area (Å²) in [5, 5.41) is 22.4. The molecule has 0 saturated heterocycles. The van der Waals surface area contributed by atoms with Gasteiger partial charge in [-0.3, -0.25) is 14.4 Å². The molecule has 0 unspecified atom stereocenters. The van der Waals surface area contributed by atoms with Gasteiger partial charge >= 0.3 is 11.9 Å². The molecule has 0 heterocycles. The Kier molecular flexibility index (Phi) is 21.0. The number of hydrogen-bond acceptors (Lipinski definition) is 4. The Balaban J connectivity index is 3.60. The van der Waals surface area contributed by atoms with Crippen LogP contribution in [0.1, 0.15) is 129 Å². The second-order valence-corrected chi connectivity index (χ2v) is 10.0. The minimum atomic E-state index is -1.20. The third kappa shape index (κ3) is 23.4. The quantitative estimate of drug-likeness (QED) is 0.131. The minimum Gasteiger partial charge on any atom is -0.480 e. The predicted octanol–water partition coefficient (Wildman–Crippen LogP) is 5.43. The van der Waals surface area contributed by atoms with Crippen molar-refractivity contribution in [3.8, 4) is 0 Å². The largest absolute Gasteiger partial charge is 0.480 e. The van der Waals surface area contributed by atoms with Gasteiger partial charge < -0.3 is 20.8 Å². The maximum atomic E-state index is 12.0. The van der Waals surface area contributed by atoms with Crippen molar-refractivity contribution in [2.75, 3.05) is 6.54 Å². The van der Waals surface area contributed by atoms with Gasteiger partial charge in [-0.25, -0.2) is 4.79 Å². The smallest absolute Gasteiger partial charge is 0.326 e. The van der Waals surface area contributed by atoms with Gasteiger partial charge in [-0.15, -0.1) is 0 Å². The first-order chi connectivity index (χ1) is 16.7. The molecule has 1 atom stereocenters. The lowest BCUT2D eigenvalue weighted by molar-refractivity contribution is -0.142. The van der Waals surface area contributed by atoms with Gasteiger partial charge in [0.25, 0.3) is 0 Å². The molecule has 8 nitrogen and oxygen atoms in total. The lowest BCUT2D eigenvalue weighted by Gasteiger charge is -2.14. The van der Waals surface area contributed by atoms with E-state index in [0.29, 0.717) is 6.42 Å². The number of hydrogen-bond donors (Lipinski definition) is 4. The third-order valence-electron chi connectivity index (χ3n) is 6.17. The molecule has 0 radical (unpaired) electrons. The van der Waals surface area contributed by atoms with Crippen LogP contribution in [0, 0.1) is 5.92 Å². The van der Waals surface area contributed by atoms with E-state index in [4.69, 9.17) is 5.11 Å². The highest BCUT2D eigenvalue weighted by molar-refractivity contribution is 5.85. The number of rotatable bonds is 24. The van der Waals surface area contributed by atoms with Crippen molar-refractivity contribution in [3.05, 3.63) is 0 Å². The first-order valence-electron chi connectivity index (χ1n) is 13.7. The fraction of sp³-hybridized carbons (Fsp3) is 0.852. The number of carboxylic acids is 2. The number of nitrogens with one attached hydrogen (secondary N) is 2. The van der Waals surface area contributed by atoms with Crippen molar-refractivity contribution in [3.63, 3.8) is 0 Å². The Labute approximate surface area is 212 Å². The molecule has 204 valence electrons. The van der Waals surface area contributed by atoms with E-state index in [1.165, 1.54) is 77.0 Å². The molecule has 2 amide bonds. The first-order valence-corrected chi connectivity index (χ1v) is 13.7. The van der Waals surface area contributed by atoms with Gasteiger partial charge in [-0.2, -0.15) is 0 Å². The average molecular weight is 499 g/mol. The van der Waals surface area contributed by atoms with Crippen molar-refractivity contribution in [2.24, 2.45) is 5.92 Å². The Bertz CT molecular complexity index is 594. The monoisotopic (exact) mass is 498 g/mol. The average Bonchev–Trinajstić information content (AvgIpc) is 2.79. The highest BCUT2D eigenvalue weighted by Crippen LogP contribution is 2.15. The zero-order valence-corrected chi connectivity index (χ0v) is 22.1. The van der Waals surface area contributed by atoms with Crippen LogP contribution in [0.4, 0.5) is 0 Å². The van der Waals surface area contributed by atoms with Crippen LogP contribution in [0.3, 0.4) is 0 Å². The van der Waals surface area contributed by atoms with Gasteiger partial charge in [0, 0.05) is 12.8 Å². The molecule has 0 aliphatic carbocycles. The number of carbonyl (C=O) groups is 4. The molecular weight excluding hydrogens is 448 g/mol. The van der Waals surface area contributed by atoms with Gasteiger partial charge in [-0.05, 0) is 18.8 Å². The maximum absolute atomic E-state index is 12.0. The summed E-state index contributed by atoms with van der Waals surface area (Å²) in [6, 6.07) is -1.15. The number of aliphatic carboxylic acids is 2. The van der Waals surface area contributed by atoms with Crippen molar-refractivity contribution in [1.82, 2.24) is 10.6 Å². The van der Waals surface area contributed by atoms with E-state index in [1.54, 1.807) is 0 Å². The lowest BCUT2D eigenvalue weighted by Crippen LogP contribution is -2.41. The zero-order chi connectivity index (χ0) is 26.3. The fourth-order valence-corrected chi connectivity index (χ4v) is 4.02. The van der Waals surface area contributed by atoms with E-state index in [-0.39, 0.29) is 25.2 Å². The molecule has 0 fully saturated rings. The summed E-state index contributed by atoms with van der Waals surface area (Å²) in [6.07, 6.45) is 18.7. The Hall–Kier alpha value is -2.12. The van der Waals surface area contributed by atoms with Crippen molar-refractivity contribution < 1.29 is 29.4 Å². The summed E-state index contributed by atoms with van der Waals surface area (Å²) < 4.78 is 0. The molecule has 0 saturated carbocycles. The molecule has 0 aromatic rings. The number of carbonyl (C=O) groups excluding carboxylic acids is 2. The van der Waals surface area contributed by atoms with Crippen LogP contribution >= 0.6 is 0 Å². The van der Waals surface area contributed by atoms with E-state index >= 15 is 0 Å². The van der Waals surface area contributed by atoms with E-state index in [1.807, 2.05) is 0 Å². The Morgan fingerprint density at radius 2 is 1.06 bits per heavy atom. The summed E-state index contributed by atoms with van der Waals surface area (Å²) in [4.78, 5) is 45.3. The molecular formula is C27H50N2O6. The van der Waals surface area contributed by atoms with E-state index in [2.05, 4.69) is 24.5 Å². The van der Waals surface area contributed by atoms with Crippen LogP contribution in [0.5, 0.6) is 0 Å². The van der Waals surface area contributed by atoms with Crippen LogP contribution in [-0.4, -0.2) is 46.6 Å². The normalized spacial score (nSPS) is 11.9. The van der Waals surface area contributed by atoms with Crippen molar-refractivity contribution >= 4 is 23.8 Å².